The molecule has 2 rings (SSSR count). The van der Waals surface area contributed by atoms with Crippen molar-refractivity contribution in [3.63, 3.8) is 0 Å². The maximum absolute atomic E-state index is 13.7. The third kappa shape index (κ3) is 7.96. The van der Waals surface area contributed by atoms with E-state index in [0.717, 1.165) is 10.0 Å². The molecule has 7 nitrogen and oxygen atoms in total. The molecule has 0 spiro atoms. The number of hydrogen-bond donors (Lipinski definition) is 1. The summed E-state index contributed by atoms with van der Waals surface area (Å²) < 4.78 is 31.8. The molecule has 0 aliphatic rings. The minimum absolute atomic E-state index is 0.127. The highest BCUT2D eigenvalue weighted by Crippen LogP contribution is 2.30. The van der Waals surface area contributed by atoms with Gasteiger partial charge in [0.05, 0.1) is 5.75 Å². The number of anilines is 1. The van der Waals surface area contributed by atoms with E-state index in [1.807, 2.05) is 24.3 Å². The van der Waals surface area contributed by atoms with Crippen LogP contribution in [0.4, 0.5) is 5.69 Å². The second kappa shape index (κ2) is 11.7. The SMILES string of the molecule is CN(C(=O)[C@@](C)(Cc1ccc(Br)cc1)N(C=O)CCCCS(=O)(=O)O)c1cc(Cl)cc(Cl)c1. The predicted octanol–water partition coefficient (Wildman–Crippen LogP) is 4.85. The Balaban J connectivity index is 2.37. The summed E-state index contributed by atoms with van der Waals surface area (Å²) in [5.74, 6) is -0.788. The number of rotatable bonds is 11. The number of unbranched alkanes of at least 4 members (excludes halogenated alkanes) is 1. The number of hydrogen-bond acceptors (Lipinski definition) is 4. The fourth-order valence-electron chi connectivity index (χ4n) is 3.49. The molecule has 33 heavy (non-hydrogen) atoms. The monoisotopic (exact) mass is 578 g/mol. The first-order chi connectivity index (χ1) is 15.4. The zero-order valence-corrected chi connectivity index (χ0v) is 22.1. The number of nitrogens with zero attached hydrogens (tertiary/aromatic N) is 2. The van der Waals surface area contributed by atoms with Crippen molar-refractivity contribution in [2.24, 2.45) is 0 Å². The Labute approximate surface area is 212 Å². The topological polar surface area (TPSA) is 95.0 Å². The summed E-state index contributed by atoms with van der Waals surface area (Å²) in [6.07, 6.45) is 1.23. The third-order valence-corrected chi connectivity index (χ3v) is 7.04. The van der Waals surface area contributed by atoms with E-state index in [0.29, 0.717) is 22.1 Å². The van der Waals surface area contributed by atoms with Crippen LogP contribution >= 0.6 is 39.1 Å². The first-order valence-corrected chi connectivity index (χ1v) is 13.2. The van der Waals surface area contributed by atoms with E-state index in [-0.39, 0.29) is 31.7 Å². The number of halogens is 3. The molecular formula is C22H25BrCl2N2O5S. The summed E-state index contributed by atoms with van der Waals surface area (Å²) in [7, 11) is -2.53. The molecule has 0 unspecified atom stereocenters. The number of likely N-dealkylation sites (N-methyl/N-ethyl adjacent to an activating group) is 1. The minimum atomic E-state index is -4.10. The Morgan fingerprint density at radius 2 is 1.70 bits per heavy atom. The number of carbonyl (C=O) groups excluding carboxylic acids is 2. The van der Waals surface area contributed by atoms with Gasteiger partial charge in [-0.2, -0.15) is 8.42 Å². The average molecular weight is 580 g/mol. The molecule has 0 bridgehead atoms. The second-order valence-corrected chi connectivity index (χ2v) is 11.2. The smallest absolute Gasteiger partial charge is 0.264 e. The molecule has 1 atom stereocenters. The Kier molecular flexibility index (Phi) is 9.75. The van der Waals surface area contributed by atoms with Gasteiger partial charge in [-0.05, 0) is 55.7 Å². The molecule has 0 aromatic heterocycles. The Morgan fingerprint density at radius 1 is 1.12 bits per heavy atom. The second-order valence-electron chi connectivity index (χ2n) is 7.86. The van der Waals surface area contributed by atoms with Crippen LogP contribution in [0.15, 0.2) is 46.9 Å². The summed E-state index contributed by atoms with van der Waals surface area (Å²) in [4.78, 5) is 28.6. The summed E-state index contributed by atoms with van der Waals surface area (Å²) in [5, 5.41) is 0.730. The normalized spacial score (nSPS) is 13.3. The van der Waals surface area contributed by atoms with Gasteiger partial charge in [-0.15, -0.1) is 0 Å². The van der Waals surface area contributed by atoms with Gasteiger partial charge in [0.15, 0.2) is 0 Å². The van der Waals surface area contributed by atoms with Gasteiger partial charge in [0.1, 0.15) is 5.54 Å². The van der Waals surface area contributed by atoms with Crippen LogP contribution in [-0.2, 0) is 26.1 Å². The fourth-order valence-corrected chi connectivity index (χ4v) is 4.84. The van der Waals surface area contributed by atoms with Gasteiger partial charge in [0, 0.05) is 40.2 Å². The van der Waals surface area contributed by atoms with Gasteiger partial charge in [-0.25, -0.2) is 0 Å². The highest BCUT2D eigenvalue weighted by atomic mass is 79.9. The number of benzene rings is 2. The third-order valence-electron chi connectivity index (χ3n) is 5.27. The molecule has 2 aromatic rings. The maximum Gasteiger partial charge on any atom is 0.264 e. The molecule has 0 heterocycles. The maximum atomic E-state index is 13.7. The van der Waals surface area contributed by atoms with Gasteiger partial charge in [-0.1, -0.05) is 51.3 Å². The first kappa shape index (κ1) is 27.6. The highest BCUT2D eigenvalue weighted by Gasteiger charge is 2.41. The van der Waals surface area contributed by atoms with Crippen molar-refractivity contribution in [3.8, 4) is 0 Å². The minimum Gasteiger partial charge on any atom is -0.330 e. The molecule has 11 heteroatoms. The number of carbonyl (C=O) groups is 2. The lowest BCUT2D eigenvalue weighted by Crippen LogP contribution is -2.58. The van der Waals surface area contributed by atoms with Crippen molar-refractivity contribution in [3.05, 3.63) is 62.5 Å². The lowest BCUT2D eigenvalue weighted by atomic mass is 9.89. The molecule has 0 saturated heterocycles. The summed E-state index contributed by atoms with van der Waals surface area (Å²) >= 11 is 15.6. The first-order valence-electron chi connectivity index (χ1n) is 10.0. The van der Waals surface area contributed by atoms with E-state index in [4.69, 9.17) is 27.8 Å². The predicted molar refractivity (Wildman–Crippen MR) is 135 cm³/mol. The van der Waals surface area contributed by atoms with Crippen LogP contribution in [0.1, 0.15) is 25.3 Å². The van der Waals surface area contributed by atoms with Crippen molar-refractivity contribution in [2.45, 2.75) is 31.7 Å². The van der Waals surface area contributed by atoms with Gasteiger partial charge in [0.25, 0.3) is 16.0 Å². The summed E-state index contributed by atoms with van der Waals surface area (Å²) in [6, 6.07) is 12.2. The molecular weight excluding hydrogens is 555 g/mol. The van der Waals surface area contributed by atoms with E-state index in [1.165, 1.54) is 9.80 Å². The quantitative estimate of drug-likeness (QED) is 0.233. The standard InChI is InChI=1S/C22H25BrCl2N2O5S/c1-22(14-16-5-7-17(23)8-6-16,27(15-28)9-3-4-10-33(30,31)32)21(29)26(2)20-12-18(24)11-19(25)13-20/h5-8,11-13,15H,3-4,9-10,14H2,1-2H3,(H,30,31,32)/t22-/m1/s1. The summed E-state index contributed by atoms with van der Waals surface area (Å²) in [5.41, 5.74) is 0.00475. The van der Waals surface area contributed by atoms with E-state index < -0.39 is 21.4 Å². The molecule has 1 N–H and O–H groups in total. The molecule has 180 valence electrons. The highest BCUT2D eigenvalue weighted by molar-refractivity contribution is 9.10. The largest absolute Gasteiger partial charge is 0.330 e. The summed E-state index contributed by atoms with van der Waals surface area (Å²) in [6.45, 7) is 1.79. The molecule has 0 saturated carbocycles. The van der Waals surface area contributed by atoms with Crippen LogP contribution in [0, 0.1) is 0 Å². The van der Waals surface area contributed by atoms with Crippen molar-refractivity contribution >= 4 is 67.3 Å². The van der Waals surface area contributed by atoms with Crippen LogP contribution in [0.5, 0.6) is 0 Å². The van der Waals surface area contributed by atoms with Gasteiger partial charge >= 0.3 is 0 Å². The molecule has 0 fully saturated rings. The number of amides is 2. The molecule has 2 aromatic carbocycles. The van der Waals surface area contributed by atoms with E-state index in [2.05, 4.69) is 15.9 Å². The molecule has 0 aliphatic heterocycles. The van der Waals surface area contributed by atoms with Gasteiger partial charge in [0.2, 0.25) is 6.41 Å². The fraction of sp³-hybridized carbons (Fsp3) is 0.364. The van der Waals surface area contributed by atoms with Gasteiger partial charge < -0.3 is 9.80 Å². The van der Waals surface area contributed by atoms with Crippen LogP contribution in [0.3, 0.4) is 0 Å². The Hall–Kier alpha value is -1.65. The van der Waals surface area contributed by atoms with E-state index in [9.17, 15) is 18.0 Å². The van der Waals surface area contributed by atoms with E-state index in [1.54, 1.807) is 32.2 Å². The van der Waals surface area contributed by atoms with Crippen molar-refractivity contribution < 1.29 is 22.6 Å². The molecule has 2 amide bonds. The Bertz CT molecular complexity index is 1080. The van der Waals surface area contributed by atoms with Crippen LogP contribution in [-0.4, -0.2) is 55.1 Å². The zero-order valence-electron chi connectivity index (χ0n) is 18.2. The molecule has 0 aliphatic carbocycles. The van der Waals surface area contributed by atoms with Crippen molar-refractivity contribution in [1.29, 1.82) is 0 Å². The van der Waals surface area contributed by atoms with Gasteiger partial charge in [-0.3, -0.25) is 14.1 Å². The lowest BCUT2D eigenvalue weighted by Gasteiger charge is -2.40. The Morgan fingerprint density at radius 3 is 2.21 bits per heavy atom. The van der Waals surface area contributed by atoms with Crippen molar-refractivity contribution in [1.82, 2.24) is 4.90 Å². The van der Waals surface area contributed by atoms with Crippen molar-refractivity contribution in [2.75, 3.05) is 24.2 Å². The average Bonchev–Trinajstić information content (AvgIpc) is 2.72. The zero-order chi connectivity index (χ0) is 24.8. The lowest BCUT2D eigenvalue weighted by molar-refractivity contribution is -0.137. The molecule has 0 radical (unpaired) electrons. The van der Waals surface area contributed by atoms with Crippen LogP contribution in [0.2, 0.25) is 10.0 Å². The van der Waals surface area contributed by atoms with Crippen LogP contribution < -0.4 is 4.90 Å². The van der Waals surface area contributed by atoms with Crippen LogP contribution in [0.25, 0.3) is 0 Å². The van der Waals surface area contributed by atoms with E-state index >= 15 is 0 Å².